The van der Waals surface area contributed by atoms with Crippen LogP contribution in [0.4, 0.5) is 0 Å². The van der Waals surface area contributed by atoms with E-state index in [9.17, 15) is 29.1 Å². The topological polar surface area (TPSA) is 195 Å². The van der Waals surface area contributed by atoms with E-state index in [-0.39, 0.29) is 31.6 Å². The maximum Gasteiger partial charge on any atom is 0.333 e. The SMILES string of the molecule is COC(OC(=O)C=Cc1ccccc1)C1(C(=O)O)CS[C@H]2N(C1)C(=O)C2(NC(=O)CCCC(N)C(=O)O)OC. The minimum absolute atomic E-state index is 0.0692. The third-order valence-electron chi connectivity index (χ3n) is 6.57. The molecule has 0 radical (unpaired) electrons. The largest absolute Gasteiger partial charge is 0.481 e. The predicted molar refractivity (Wildman–Crippen MR) is 138 cm³/mol. The van der Waals surface area contributed by atoms with E-state index in [4.69, 9.17) is 25.1 Å². The average Bonchev–Trinajstić information content (AvgIpc) is 2.93. The number of carboxylic acid groups (broad SMARTS) is 2. The zero-order chi connectivity index (χ0) is 28.8. The monoisotopic (exact) mass is 565 g/mol. The van der Waals surface area contributed by atoms with E-state index in [0.29, 0.717) is 0 Å². The molecule has 2 amide bonds. The Kier molecular flexibility index (Phi) is 9.72. The maximum absolute atomic E-state index is 13.2. The van der Waals surface area contributed by atoms with E-state index in [0.717, 1.165) is 23.4 Å². The number of fused-ring (bicyclic) bond motifs is 1. The Morgan fingerprint density at radius 2 is 1.92 bits per heavy atom. The number of nitrogens with two attached hydrogens (primary N) is 1. The number of methoxy groups -OCH3 is 2. The molecule has 0 spiro atoms. The van der Waals surface area contributed by atoms with E-state index >= 15 is 0 Å². The van der Waals surface area contributed by atoms with Gasteiger partial charge in [-0.3, -0.25) is 19.2 Å². The number of hydrogen-bond acceptors (Lipinski definition) is 10. The number of hydrogen-bond donors (Lipinski definition) is 4. The van der Waals surface area contributed by atoms with Gasteiger partial charge in [-0.2, -0.15) is 0 Å². The molecule has 2 aliphatic rings. The van der Waals surface area contributed by atoms with Gasteiger partial charge in [0.05, 0.1) is 0 Å². The molecule has 2 aliphatic heterocycles. The van der Waals surface area contributed by atoms with Crippen LogP contribution in [0.5, 0.6) is 0 Å². The number of amides is 2. The number of carbonyl (C=O) groups is 5. The van der Waals surface area contributed by atoms with Gasteiger partial charge in [-0.05, 0) is 24.5 Å². The summed E-state index contributed by atoms with van der Waals surface area (Å²) in [6.45, 7) is -0.360. The molecule has 5 atom stereocenters. The number of nitrogens with zero attached hydrogens (tertiary/aromatic N) is 1. The van der Waals surface area contributed by atoms with Gasteiger partial charge in [0.2, 0.25) is 12.2 Å². The molecule has 4 unspecified atom stereocenters. The van der Waals surface area contributed by atoms with Crippen LogP contribution < -0.4 is 11.1 Å². The molecule has 39 heavy (non-hydrogen) atoms. The molecule has 3 rings (SSSR count). The molecular formula is C25H31N3O10S. The summed E-state index contributed by atoms with van der Waals surface area (Å²) < 4.78 is 16.0. The highest BCUT2D eigenvalue weighted by molar-refractivity contribution is 8.00. The number of ether oxygens (including phenoxy) is 3. The zero-order valence-electron chi connectivity index (χ0n) is 21.4. The number of benzene rings is 1. The fourth-order valence-corrected chi connectivity index (χ4v) is 6.03. The van der Waals surface area contributed by atoms with Gasteiger partial charge in [0.15, 0.2) is 5.41 Å². The van der Waals surface area contributed by atoms with Gasteiger partial charge in [0, 0.05) is 39.0 Å². The van der Waals surface area contributed by atoms with Gasteiger partial charge in [-0.25, -0.2) is 4.79 Å². The van der Waals surface area contributed by atoms with Gasteiger partial charge in [-0.15, -0.1) is 11.8 Å². The second kappa shape index (κ2) is 12.6. The van der Waals surface area contributed by atoms with Crippen molar-refractivity contribution in [3.05, 3.63) is 42.0 Å². The van der Waals surface area contributed by atoms with Crippen molar-refractivity contribution in [2.45, 2.75) is 42.7 Å². The van der Waals surface area contributed by atoms with Crippen molar-refractivity contribution in [1.29, 1.82) is 0 Å². The van der Waals surface area contributed by atoms with Gasteiger partial charge in [-0.1, -0.05) is 30.3 Å². The van der Waals surface area contributed by atoms with E-state index < -0.39 is 58.6 Å². The highest BCUT2D eigenvalue weighted by atomic mass is 32.2. The lowest BCUT2D eigenvalue weighted by Gasteiger charge is -2.59. The second-order valence-electron chi connectivity index (χ2n) is 9.13. The Hall–Kier alpha value is -3.46. The normalized spacial score (nSPS) is 25.8. The lowest BCUT2D eigenvalue weighted by atomic mass is 9.85. The van der Waals surface area contributed by atoms with E-state index in [2.05, 4.69) is 5.32 Å². The van der Waals surface area contributed by atoms with E-state index in [1.165, 1.54) is 25.2 Å². The van der Waals surface area contributed by atoms with Crippen LogP contribution in [0.1, 0.15) is 24.8 Å². The van der Waals surface area contributed by atoms with Gasteiger partial charge >= 0.3 is 17.9 Å². The molecular weight excluding hydrogens is 534 g/mol. The van der Waals surface area contributed by atoms with Crippen LogP contribution in [-0.4, -0.2) is 94.8 Å². The summed E-state index contributed by atoms with van der Waals surface area (Å²) >= 11 is 1.04. The van der Waals surface area contributed by atoms with Crippen LogP contribution in [0.25, 0.3) is 6.08 Å². The summed E-state index contributed by atoms with van der Waals surface area (Å²) in [6, 6.07) is 7.84. The summed E-state index contributed by atoms with van der Waals surface area (Å²) in [5, 5.41) is 20.8. The van der Waals surface area contributed by atoms with Crippen LogP contribution in [-0.2, 0) is 38.2 Å². The Balaban J connectivity index is 1.68. The number of carbonyl (C=O) groups excluding carboxylic acids is 3. The summed E-state index contributed by atoms with van der Waals surface area (Å²) in [7, 11) is 2.45. The first-order valence-corrected chi connectivity index (χ1v) is 13.0. The minimum Gasteiger partial charge on any atom is -0.481 e. The Labute approximate surface area is 228 Å². The van der Waals surface area contributed by atoms with Crippen molar-refractivity contribution in [3.63, 3.8) is 0 Å². The fourth-order valence-electron chi connectivity index (χ4n) is 4.38. The summed E-state index contributed by atoms with van der Waals surface area (Å²) in [6.07, 6.45) is 1.30. The zero-order valence-corrected chi connectivity index (χ0v) is 22.2. The molecule has 14 heteroatoms. The number of esters is 1. The minimum atomic E-state index is -1.79. The molecule has 0 aromatic heterocycles. The van der Waals surface area contributed by atoms with Crippen LogP contribution in [0.15, 0.2) is 36.4 Å². The number of β-lactam (4-membered cyclic amide) rings is 1. The number of carboxylic acids is 2. The number of thioether (sulfide) groups is 1. The van der Waals surface area contributed by atoms with Crippen LogP contribution in [0.3, 0.4) is 0 Å². The van der Waals surface area contributed by atoms with Crippen molar-refractivity contribution in [2.75, 3.05) is 26.5 Å². The van der Waals surface area contributed by atoms with Gasteiger partial charge in [0.25, 0.3) is 11.6 Å². The molecule has 1 aromatic rings. The smallest absolute Gasteiger partial charge is 0.333 e. The predicted octanol–water partition coefficient (Wildman–Crippen LogP) is 0.243. The van der Waals surface area contributed by atoms with Crippen molar-refractivity contribution >= 4 is 47.6 Å². The highest BCUT2D eigenvalue weighted by Crippen LogP contribution is 2.49. The van der Waals surface area contributed by atoms with Crippen molar-refractivity contribution < 1.29 is 48.4 Å². The molecule has 2 fully saturated rings. The average molecular weight is 566 g/mol. The Bertz CT molecular complexity index is 1130. The number of nitrogens with one attached hydrogen (secondary N) is 1. The summed E-state index contributed by atoms with van der Waals surface area (Å²) in [5.41, 5.74) is 2.67. The first-order valence-electron chi connectivity index (χ1n) is 12.0. The van der Waals surface area contributed by atoms with Crippen LogP contribution >= 0.6 is 11.8 Å². The summed E-state index contributed by atoms with van der Waals surface area (Å²) in [5.74, 6) is -4.68. The standard InChI is InChI=1S/C25H31N3O10S/c1-36-23(38-18(30)12-11-15-7-4-3-5-8-15)24(22(34)35)13-28-20(33)25(37-2,21(28)39-14-24)27-17(29)10-6-9-16(26)19(31)32/h3-5,7-8,11-12,16,21,23H,6,9-10,13-14,26H2,1-2H3,(H,27,29)(H,31,32)(H,34,35)/t16?,21-,23?,24?,25?/m1/s1. The first-order chi connectivity index (χ1) is 18.5. The number of rotatable bonds is 13. The molecule has 0 saturated carbocycles. The van der Waals surface area contributed by atoms with Gasteiger partial charge in [0.1, 0.15) is 11.4 Å². The molecule has 13 nitrogen and oxygen atoms in total. The fraction of sp³-hybridized carbons (Fsp3) is 0.480. The van der Waals surface area contributed by atoms with Gasteiger partial charge < -0.3 is 40.4 Å². The lowest BCUT2D eigenvalue weighted by Crippen LogP contribution is -2.83. The lowest BCUT2D eigenvalue weighted by molar-refractivity contribution is -0.223. The molecule has 5 N–H and O–H groups in total. The Morgan fingerprint density at radius 3 is 2.51 bits per heavy atom. The third kappa shape index (κ3) is 6.24. The second-order valence-corrected chi connectivity index (χ2v) is 10.2. The Morgan fingerprint density at radius 1 is 1.23 bits per heavy atom. The van der Waals surface area contributed by atoms with Crippen molar-refractivity contribution in [2.24, 2.45) is 11.1 Å². The molecule has 1 aromatic carbocycles. The molecule has 0 aliphatic carbocycles. The third-order valence-corrected chi connectivity index (χ3v) is 8.15. The van der Waals surface area contributed by atoms with Crippen molar-refractivity contribution in [1.82, 2.24) is 10.2 Å². The van der Waals surface area contributed by atoms with Crippen molar-refractivity contribution in [3.8, 4) is 0 Å². The van der Waals surface area contributed by atoms with E-state index in [1.807, 2.05) is 6.07 Å². The maximum atomic E-state index is 13.2. The van der Waals surface area contributed by atoms with Crippen LogP contribution in [0, 0.1) is 5.41 Å². The molecule has 212 valence electrons. The first kappa shape index (κ1) is 30.1. The summed E-state index contributed by atoms with van der Waals surface area (Å²) in [4.78, 5) is 62.7. The molecule has 2 saturated heterocycles. The van der Waals surface area contributed by atoms with Crippen LogP contribution in [0.2, 0.25) is 0 Å². The van der Waals surface area contributed by atoms with E-state index in [1.54, 1.807) is 24.3 Å². The molecule has 0 bridgehead atoms. The number of aliphatic carboxylic acids is 2. The molecule has 2 heterocycles. The quantitative estimate of drug-likeness (QED) is 0.110. The highest BCUT2D eigenvalue weighted by Gasteiger charge is 2.69.